The third-order valence-electron chi connectivity index (χ3n) is 6.65. The number of carbonyl (C=O) groups excluding carboxylic acids is 1. The lowest BCUT2D eigenvalue weighted by Crippen LogP contribution is -2.38. The van der Waals surface area contributed by atoms with Crippen LogP contribution < -0.4 is 0 Å². The zero-order valence-corrected chi connectivity index (χ0v) is 14.3. The van der Waals surface area contributed by atoms with Crippen LogP contribution in [-0.4, -0.2) is 22.4 Å². The van der Waals surface area contributed by atoms with Gasteiger partial charge in [-0.05, 0) is 61.3 Å². The van der Waals surface area contributed by atoms with E-state index in [1.807, 2.05) is 4.90 Å². The summed E-state index contributed by atoms with van der Waals surface area (Å²) in [4.78, 5) is 13.5. The molecule has 1 aromatic heterocycles. The van der Waals surface area contributed by atoms with Gasteiger partial charge >= 0.3 is 0 Å². The summed E-state index contributed by atoms with van der Waals surface area (Å²) in [5.41, 5.74) is 5.92. The molecule has 1 aliphatic heterocycles. The molecule has 0 unspecified atom stereocenters. The fourth-order valence-corrected chi connectivity index (χ4v) is 5.47. The van der Waals surface area contributed by atoms with E-state index in [1.54, 1.807) is 5.56 Å². The number of nitrogens with zero attached hydrogens (tertiary/aromatic N) is 2. The first-order valence-corrected chi connectivity index (χ1v) is 9.73. The number of rotatable bonds is 2. The molecule has 2 aliphatic carbocycles. The zero-order valence-electron chi connectivity index (χ0n) is 14.3. The second kappa shape index (κ2) is 5.65. The van der Waals surface area contributed by atoms with Crippen molar-refractivity contribution in [2.24, 2.45) is 0 Å². The van der Waals surface area contributed by atoms with Gasteiger partial charge in [0, 0.05) is 29.7 Å². The molecule has 1 fully saturated rings. The van der Waals surface area contributed by atoms with Crippen LogP contribution in [0.1, 0.15) is 73.7 Å². The van der Waals surface area contributed by atoms with Crippen molar-refractivity contribution in [2.45, 2.75) is 69.9 Å². The van der Waals surface area contributed by atoms with Crippen molar-refractivity contribution in [3.05, 3.63) is 35.0 Å². The van der Waals surface area contributed by atoms with Gasteiger partial charge < -0.3 is 9.47 Å². The van der Waals surface area contributed by atoms with Crippen LogP contribution in [0.5, 0.6) is 0 Å². The highest BCUT2D eigenvalue weighted by Crippen LogP contribution is 2.43. The van der Waals surface area contributed by atoms with Crippen LogP contribution in [0.25, 0.3) is 10.9 Å². The molecule has 1 amide bonds. The molecular formula is C21H26N2O. The van der Waals surface area contributed by atoms with Crippen molar-refractivity contribution in [1.29, 1.82) is 0 Å². The van der Waals surface area contributed by atoms with Gasteiger partial charge in [-0.3, -0.25) is 4.79 Å². The van der Waals surface area contributed by atoms with Gasteiger partial charge in [0.1, 0.15) is 0 Å². The lowest BCUT2D eigenvalue weighted by atomic mass is 9.83. The average molecular weight is 322 g/mol. The van der Waals surface area contributed by atoms with E-state index in [9.17, 15) is 4.79 Å². The van der Waals surface area contributed by atoms with E-state index < -0.39 is 0 Å². The van der Waals surface area contributed by atoms with Crippen LogP contribution >= 0.6 is 0 Å². The molecule has 1 saturated carbocycles. The fourth-order valence-electron chi connectivity index (χ4n) is 5.47. The Morgan fingerprint density at radius 3 is 2.71 bits per heavy atom. The molecule has 1 atom stereocenters. The van der Waals surface area contributed by atoms with Gasteiger partial charge in [-0.15, -0.1) is 0 Å². The van der Waals surface area contributed by atoms with Crippen molar-refractivity contribution in [2.75, 3.05) is 6.54 Å². The third-order valence-corrected chi connectivity index (χ3v) is 6.65. The Kier molecular flexibility index (Phi) is 3.43. The van der Waals surface area contributed by atoms with Gasteiger partial charge in [-0.2, -0.15) is 0 Å². The molecule has 0 bridgehead atoms. The maximum Gasteiger partial charge on any atom is 0.210 e. The number of hydrogen-bond donors (Lipinski definition) is 0. The molecule has 5 rings (SSSR count). The standard InChI is InChI=1S/C21H26N2O/c24-14-22-11-12-23-19-10-9-16(15-5-2-1-3-6-15)13-18(19)17-7-4-8-20(22)21(17)23/h9-10,13-15,20H,1-8,11-12H2/t20-/m0/s1. The Bertz CT molecular complexity index is 785. The van der Waals surface area contributed by atoms with Crippen LogP contribution in [0.15, 0.2) is 18.2 Å². The first-order valence-electron chi connectivity index (χ1n) is 9.73. The number of aromatic nitrogens is 1. The van der Waals surface area contributed by atoms with E-state index >= 15 is 0 Å². The summed E-state index contributed by atoms with van der Waals surface area (Å²) >= 11 is 0. The van der Waals surface area contributed by atoms with Crippen LogP contribution in [0.2, 0.25) is 0 Å². The Morgan fingerprint density at radius 2 is 1.88 bits per heavy atom. The summed E-state index contributed by atoms with van der Waals surface area (Å²) in [6, 6.07) is 7.56. The van der Waals surface area contributed by atoms with E-state index in [4.69, 9.17) is 0 Å². The maximum absolute atomic E-state index is 11.5. The molecule has 0 spiro atoms. The normalized spacial score (nSPS) is 24.2. The van der Waals surface area contributed by atoms with E-state index in [2.05, 4.69) is 22.8 Å². The molecule has 0 saturated heterocycles. The molecule has 3 nitrogen and oxygen atoms in total. The Balaban J connectivity index is 1.65. The van der Waals surface area contributed by atoms with Gasteiger partial charge in [0.15, 0.2) is 0 Å². The van der Waals surface area contributed by atoms with Crippen LogP contribution in [0.4, 0.5) is 0 Å². The van der Waals surface area contributed by atoms with Gasteiger partial charge in [0.2, 0.25) is 6.41 Å². The minimum absolute atomic E-state index is 0.311. The summed E-state index contributed by atoms with van der Waals surface area (Å²) in [6.45, 7) is 1.80. The largest absolute Gasteiger partial charge is 0.341 e. The molecule has 3 heteroatoms. The number of carbonyl (C=O) groups is 1. The summed E-state index contributed by atoms with van der Waals surface area (Å²) in [6.07, 6.45) is 11.5. The minimum atomic E-state index is 0.311. The minimum Gasteiger partial charge on any atom is -0.341 e. The van der Waals surface area contributed by atoms with Crippen LogP contribution in [-0.2, 0) is 17.8 Å². The summed E-state index contributed by atoms with van der Waals surface area (Å²) in [5.74, 6) is 0.762. The Hall–Kier alpha value is -1.77. The summed E-state index contributed by atoms with van der Waals surface area (Å²) in [5, 5.41) is 1.48. The Labute approximate surface area is 143 Å². The topological polar surface area (TPSA) is 25.2 Å². The Morgan fingerprint density at radius 1 is 1.00 bits per heavy atom. The van der Waals surface area contributed by atoms with Crippen LogP contribution in [0, 0.1) is 0 Å². The van der Waals surface area contributed by atoms with Gasteiger partial charge in [0.05, 0.1) is 6.04 Å². The van der Waals surface area contributed by atoms with Gasteiger partial charge in [0.25, 0.3) is 0 Å². The molecule has 1 aromatic carbocycles. The van der Waals surface area contributed by atoms with Crippen molar-refractivity contribution < 1.29 is 4.79 Å². The molecule has 126 valence electrons. The molecule has 0 radical (unpaired) electrons. The highest BCUT2D eigenvalue weighted by Gasteiger charge is 2.34. The average Bonchev–Trinajstić information content (AvgIpc) is 2.98. The molecule has 24 heavy (non-hydrogen) atoms. The highest BCUT2D eigenvalue weighted by atomic mass is 16.1. The third kappa shape index (κ3) is 2.06. The van der Waals surface area contributed by atoms with Gasteiger partial charge in [-0.25, -0.2) is 0 Å². The highest BCUT2D eigenvalue weighted by molar-refractivity contribution is 5.87. The molecular weight excluding hydrogens is 296 g/mol. The first-order chi connectivity index (χ1) is 11.9. The predicted octanol–water partition coefficient (Wildman–Crippen LogP) is 4.54. The maximum atomic E-state index is 11.5. The second-order valence-electron chi connectivity index (χ2n) is 7.88. The van der Waals surface area contributed by atoms with E-state index in [1.165, 1.54) is 67.1 Å². The van der Waals surface area contributed by atoms with Gasteiger partial charge in [-0.1, -0.05) is 25.3 Å². The quantitative estimate of drug-likeness (QED) is 0.745. The smallest absolute Gasteiger partial charge is 0.210 e. The zero-order chi connectivity index (χ0) is 16.1. The van der Waals surface area contributed by atoms with Crippen molar-refractivity contribution in [3.8, 4) is 0 Å². The van der Waals surface area contributed by atoms with Crippen molar-refractivity contribution in [3.63, 3.8) is 0 Å². The number of hydrogen-bond acceptors (Lipinski definition) is 1. The number of amides is 1. The number of benzene rings is 1. The van der Waals surface area contributed by atoms with E-state index in [0.29, 0.717) is 6.04 Å². The molecule has 3 aliphatic rings. The monoisotopic (exact) mass is 322 g/mol. The van der Waals surface area contributed by atoms with E-state index in [-0.39, 0.29) is 0 Å². The summed E-state index contributed by atoms with van der Waals surface area (Å²) < 4.78 is 2.51. The van der Waals surface area contributed by atoms with Crippen molar-refractivity contribution in [1.82, 2.24) is 9.47 Å². The molecule has 2 heterocycles. The SMILES string of the molecule is O=CN1CCn2c3c(c4cc(C5CCCCC5)ccc42)CCC[C@@H]31. The molecule has 0 N–H and O–H groups in total. The summed E-state index contributed by atoms with van der Waals surface area (Å²) in [7, 11) is 0. The lowest BCUT2D eigenvalue weighted by molar-refractivity contribution is -0.121. The second-order valence-corrected chi connectivity index (χ2v) is 7.88. The van der Waals surface area contributed by atoms with E-state index in [0.717, 1.165) is 31.8 Å². The predicted molar refractivity (Wildman–Crippen MR) is 96.2 cm³/mol. The number of fused-ring (bicyclic) bond motifs is 3. The van der Waals surface area contributed by atoms with Crippen LogP contribution in [0.3, 0.4) is 0 Å². The fraction of sp³-hybridized carbons (Fsp3) is 0.571. The lowest BCUT2D eigenvalue weighted by Gasteiger charge is -2.37. The van der Waals surface area contributed by atoms with Crippen molar-refractivity contribution >= 4 is 17.3 Å². The molecule has 2 aromatic rings. The first kappa shape index (κ1) is 14.6. The number of aryl methyl sites for hydroxylation is 1.